The Bertz CT molecular complexity index is 597. The van der Waals surface area contributed by atoms with Crippen LogP contribution in [0.2, 0.25) is 0 Å². The van der Waals surface area contributed by atoms with Crippen molar-refractivity contribution in [3.63, 3.8) is 0 Å². The smallest absolute Gasteiger partial charge is 0.326 e. The molecule has 3 atom stereocenters. The molecule has 0 heterocycles. The minimum absolute atomic E-state index is 0.318. The average molecular weight is 417 g/mol. The largest absolute Gasteiger partial charge is 0.481 e. The molecule has 0 aliphatic rings. The number of aliphatic carboxylic acids is 2. The maximum atomic E-state index is 12.2. The Morgan fingerprint density at radius 2 is 1.59 bits per heavy atom. The molecule has 0 bridgehead atoms. The van der Waals surface area contributed by atoms with E-state index in [4.69, 9.17) is 21.7 Å². The van der Waals surface area contributed by atoms with Crippen molar-refractivity contribution in [2.45, 2.75) is 57.7 Å². The van der Waals surface area contributed by atoms with Gasteiger partial charge in [-0.25, -0.2) is 4.79 Å². The van der Waals surface area contributed by atoms with Crippen LogP contribution in [-0.4, -0.2) is 71.1 Å². The summed E-state index contributed by atoms with van der Waals surface area (Å²) in [5, 5.41) is 24.7. The third-order valence-corrected chi connectivity index (χ3v) is 3.99. The predicted octanol–water partition coefficient (Wildman–Crippen LogP) is -2.26. The van der Waals surface area contributed by atoms with Gasteiger partial charge in [-0.15, -0.1) is 0 Å². The molecule has 166 valence electrons. The number of carboxylic acid groups (broad SMARTS) is 2. The average Bonchev–Trinajstić information content (AvgIpc) is 2.62. The van der Waals surface area contributed by atoms with E-state index in [9.17, 15) is 24.0 Å². The highest BCUT2D eigenvalue weighted by atomic mass is 16.4. The van der Waals surface area contributed by atoms with Crippen molar-refractivity contribution in [2.24, 2.45) is 17.4 Å². The summed E-state index contributed by atoms with van der Waals surface area (Å²) in [6.07, 6.45) is 0.877. The molecule has 0 aromatic heterocycles. The number of nitrogens with one attached hydrogen (secondary N) is 3. The van der Waals surface area contributed by atoms with Gasteiger partial charge in [0.2, 0.25) is 17.7 Å². The summed E-state index contributed by atoms with van der Waals surface area (Å²) in [6.45, 7) is 3.07. The van der Waals surface area contributed by atoms with Gasteiger partial charge in [-0.05, 0) is 25.3 Å². The quantitative estimate of drug-likeness (QED) is 0.152. The van der Waals surface area contributed by atoms with Crippen LogP contribution in [0.5, 0.6) is 0 Å². The Morgan fingerprint density at radius 1 is 0.966 bits per heavy atom. The summed E-state index contributed by atoms with van der Waals surface area (Å²) in [7, 11) is 0. The van der Waals surface area contributed by atoms with E-state index in [1.54, 1.807) is 13.8 Å². The summed E-state index contributed by atoms with van der Waals surface area (Å²) in [6, 6.07) is -3.51. The van der Waals surface area contributed by atoms with Gasteiger partial charge in [0.25, 0.3) is 0 Å². The molecular weight excluding hydrogens is 386 g/mol. The standard InChI is InChI=1S/C17H31N5O7/c1-9(2)14(17(28)29)22-12(23)8-20-16(27)11(7-13(24)25)21-15(26)10(19)5-3-4-6-18/h9-11,14H,3-8,18-19H2,1-2H3,(H,20,27)(H,21,26)(H,22,23)(H,24,25)(H,28,29). The molecule has 0 radical (unpaired) electrons. The van der Waals surface area contributed by atoms with Crippen LogP contribution in [0.25, 0.3) is 0 Å². The lowest BCUT2D eigenvalue weighted by Gasteiger charge is -2.20. The molecule has 3 amide bonds. The third-order valence-electron chi connectivity index (χ3n) is 3.99. The maximum Gasteiger partial charge on any atom is 0.326 e. The minimum Gasteiger partial charge on any atom is -0.481 e. The van der Waals surface area contributed by atoms with Crippen LogP contribution in [0.3, 0.4) is 0 Å². The van der Waals surface area contributed by atoms with Gasteiger partial charge < -0.3 is 37.6 Å². The first-order valence-corrected chi connectivity index (χ1v) is 9.27. The molecule has 0 aromatic carbocycles. The molecule has 0 fully saturated rings. The number of hydrogen-bond donors (Lipinski definition) is 7. The van der Waals surface area contributed by atoms with Crippen molar-refractivity contribution in [3.8, 4) is 0 Å². The number of unbranched alkanes of at least 4 members (excludes halogenated alkanes) is 1. The fraction of sp³-hybridized carbons (Fsp3) is 0.706. The van der Waals surface area contributed by atoms with E-state index in [2.05, 4.69) is 16.0 Å². The number of carbonyl (C=O) groups excluding carboxylic acids is 3. The predicted molar refractivity (Wildman–Crippen MR) is 102 cm³/mol. The van der Waals surface area contributed by atoms with E-state index >= 15 is 0 Å². The highest BCUT2D eigenvalue weighted by Gasteiger charge is 2.27. The number of nitrogens with two attached hydrogens (primary N) is 2. The molecule has 3 unspecified atom stereocenters. The van der Waals surface area contributed by atoms with E-state index in [1.807, 2.05) is 0 Å². The Kier molecular flexibility index (Phi) is 12.2. The lowest BCUT2D eigenvalue weighted by atomic mass is 10.0. The number of hydrogen-bond acceptors (Lipinski definition) is 7. The van der Waals surface area contributed by atoms with Crippen LogP contribution in [0.1, 0.15) is 39.5 Å². The van der Waals surface area contributed by atoms with E-state index in [-0.39, 0.29) is 5.92 Å². The molecule has 0 aliphatic carbocycles. The highest BCUT2D eigenvalue weighted by molar-refractivity contribution is 5.94. The fourth-order valence-corrected chi connectivity index (χ4v) is 2.33. The van der Waals surface area contributed by atoms with Gasteiger partial charge in [-0.1, -0.05) is 20.3 Å². The zero-order valence-corrected chi connectivity index (χ0v) is 16.6. The normalized spacial score (nSPS) is 13.8. The van der Waals surface area contributed by atoms with Crippen LogP contribution < -0.4 is 27.4 Å². The lowest BCUT2D eigenvalue weighted by Crippen LogP contribution is -2.54. The molecule has 0 saturated carbocycles. The molecule has 0 saturated heterocycles. The zero-order chi connectivity index (χ0) is 22.6. The Balaban J connectivity index is 4.79. The van der Waals surface area contributed by atoms with Crippen molar-refractivity contribution >= 4 is 29.7 Å². The second-order valence-electron chi connectivity index (χ2n) is 6.90. The summed E-state index contributed by atoms with van der Waals surface area (Å²) in [4.78, 5) is 58.2. The van der Waals surface area contributed by atoms with Gasteiger partial charge in [0.15, 0.2) is 0 Å². The number of amides is 3. The number of carboxylic acids is 2. The van der Waals surface area contributed by atoms with Crippen LogP contribution in [0, 0.1) is 5.92 Å². The lowest BCUT2D eigenvalue weighted by molar-refractivity contribution is -0.143. The molecule has 0 aromatic rings. The molecule has 0 rings (SSSR count). The first-order chi connectivity index (χ1) is 13.5. The van der Waals surface area contributed by atoms with E-state index < -0.39 is 60.8 Å². The molecule has 29 heavy (non-hydrogen) atoms. The molecule has 9 N–H and O–H groups in total. The Hall–Kier alpha value is -2.73. The van der Waals surface area contributed by atoms with Crippen LogP contribution in [-0.2, 0) is 24.0 Å². The highest BCUT2D eigenvalue weighted by Crippen LogP contribution is 2.02. The van der Waals surface area contributed by atoms with Gasteiger partial charge >= 0.3 is 11.9 Å². The summed E-state index contributed by atoms with van der Waals surface area (Å²) < 4.78 is 0. The Labute approximate surface area is 168 Å². The second kappa shape index (κ2) is 13.4. The summed E-state index contributed by atoms with van der Waals surface area (Å²) in [5.74, 6) is -5.30. The Morgan fingerprint density at radius 3 is 2.07 bits per heavy atom. The monoisotopic (exact) mass is 417 g/mol. The molecule has 12 nitrogen and oxygen atoms in total. The zero-order valence-electron chi connectivity index (χ0n) is 16.6. The van der Waals surface area contributed by atoms with E-state index in [0.717, 1.165) is 0 Å². The topological polar surface area (TPSA) is 214 Å². The molecule has 0 spiro atoms. The van der Waals surface area contributed by atoms with Crippen LogP contribution in [0.15, 0.2) is 0 Å². The van der Waals surface area contributed by atoms with Gasteiger partial charge in [0.05, 0.1) is 19.0 Å². The second-order valence-corrected chi connectivity index (χ2v) is 6.90. The van der Waals surface area contributed by atoms with Crippen molar-refractivity contribution in [1.82, 2.24) is 16.0 Å². The number of rotatable bonds is 14. The van der Waals surface area contributed by atoms with Crippen LogP contribution in [0.4, 0.5) is 0 Å². The van der Waals surface area contributed by atoms with Crippen molar-refractivity contribution in [1.29, 1.82) is 0 Å². The molecule has 0 aliphatic heterocycles. The van der Waals surface area contributed by atoms with Gasteiger partial charge in [-0.3, -0.25) is 19.2 Å². The van der Waals surface area contributed by atoms with Crippen LogP contribution >= 0.6 is 0 Å². The van der Waals surface area contributed by atoms with Crippen molar-refractivity contribution < 1.29 is 34.2 Å². The summed E-state index contributed by atoms with van der Waals surface area (Å²) in [5.41, 5.74) is 11.1. The van der Waals surface area contributed by atoms with E-state index in [1.165, 1.54) is 0 Å². The fourth-order valence-electron chi connectivity index (χ4n) is 2.33. The van der Waals surface area contributed by atoms with Gasteiger partial charge in [0.1, 0.15) is 12.1 Å². The molecular formula is C17H31N5O7. The number of carbonyl (C=O) groups is 5. The maximum absolute atomic E-state index is 12.2. The van der Waals surface area contributed by atoms with Gasteiger partial charge in [-0.2, -0.15) is 0 Å². The SMILES string of the molecule is CC(C)C(NC(=O)CNC(=O)C(CC(=O)O)NC(=O)C(N)CCCCN)C(=O)O. The third kappa shape index (κ3) is 11.0. The van der Waals surface area contributed by atoms with E-state index in [0.29, 0.717) is 25.8 Å². The first kappa shape index (κ1) is 26.3. The summed E-state index contributed by atoms with van der Waals surface area (Å²) >= 11 is 0. The first-order valence-electron chi connectivity index (χ1n) is 9.27. The van der Waals surface area contributed by atoms with Crippen molar-refractivity contribution in [3.05, 3.63) is 0 Å². The van der Waals surface area contributed by atoms with Crippen molar-refractivity contribution in [2.75, 3.05) is 13.1 Å². The molecule has 12 heteroatoms. The minimum atomic E-state index is -1.44. The van der Waals surface area contributed by atoms with Gasteiger partial charge in [0, 0.05) is 0 Å².